The minimum absolute atomic E-state index is 0.0748. The quantitative estimate of drug-likeness (QED) is 0.668. The molecule has 7 heteroatoms. The molecule has 0 aromatic heterocycles. The third kappa shape index (κ3) is 2.87. The number of rotatable bonds is 2. The zero-order valence-corrected chi connectivity index (χ0v) is 12.3. The van der Waals surface area contributed by atoms with E-state index >= 15 is 0 Å². The molecule has 1 N–H and O–H groups in total. The van der Waals surface area contributed by atoms with Gasteiger partial charge in [0.25, 0.3) is 5.69 Å². The van der Waals surface area contributed by atoms with Crippen LogP contribution in [0.2, 0.25) is 0 Å². The summed E-state index contributed by atoms with van der Waals surface area (Å²) in [5.41, 5.74) is 0.265. The Kier molecular flexibility index (Phi) is 4.05. The highest BCUT2D eigenvalue weighted by molar-refractivity contribution is 9.10. The summed E-state index contributed by atoms with van der Waals surface area (Å²) in [6, 6.07) is 2.75. The smallest absolute Gasteiger partial charge is 0.293 e. The number of nitrogens with zero attached hydrogens (tertiary/aromatic N) is 2. The lowest BCUT2D eigenvalue weighted by Crippen LogP contribution is -2.54. The molecule has 0 amide bonds. The third-order valence-corrected chi connectivity index (χ3v) is 3.90. The zero-order valence-electron chi connectivity index (χ0n) is 10.7. The van der Waals surface area contributed by atoms with Gasteiger partial charge in [-0.1, -0.05) is 0 Å². The van der Waals surface area contributed by atoms with Crippen molar-refractivity contribution in [2.24, 2.45) is 0 Å². The average Bonchev–Trinajstić information content (AvgIpc) is 2.35. The van der Waals surface area contributed by atoms with Crippen LogP contribution in [0.3, 0.4) is 0 Å². The summed E-state index contributed by atoms with van der Waals surface area (Å²) >= 11 is 2.99. The van der Waals surface area contributed by atoms with Crippen molar-refractivity contribution in [2.75, 3.05) is 18.0 Å². The van der Waals surface area contributed by atoms with E-state index in [0.29, 0.717) is 12.2 Å². The number of halogens is 2. The predicted octanol–water partition coefficient (Wildman–Crippen LogP) is 2.68. The molecule has 1 saturated heterocycles. The Balaban J connectivity index is 2.47. The van der Waals surface area contributed by atoms with Crippen molar-refractivity contribution in [3.8, 4) is 0 Å². The maximum atomic E-state index is 13.7. The maximum Gasteiger partial charge on any atom is 0.293 e. The van der Waals surface area contributed by atoms with Gasteiger partial charge >= 0.3 is 0 Å². The molecule has 104 valence electrons. The molecule has 1 aromatic rings. The first kappa shape index (κ1) is 14.2. The monoisotopic (exact) mass is 331 g/mol. The van der Waals surface area contributed by atoms with Crippen LogP contribution in [0.1, 0.15) is 13.8 Å². The van der Waals surface area contributed by atoms with Gasteiger partial charge in [0.05, 0.1) is 9.40 Å². The van der Waals surface area contributed by atoms with Gasteiger partial charge in [-0.05, 0) is 29.8 Å². The molecule has 19 heavy (non-hydrogen) atoms. The summed E-state index contributed by atoms with van der Waals surface area (Å²) < 4.78 is 13.8. The Bertz CT molecular complexity index is 512. The lowest BCUT2D eigenvalue weighted by atomic mass is 10.1. The molecule has 2 atom stereocenters. The van der Waals surface area contributed by atoms with Crippen molar-refractivity contribution in [1.82, 2.24) is 5.32 Å². The normalized spacial score (nSPS) is 23.5. The van der Waals surface area contributed by atoms with Crippen molar-refractivity contribution < 1.29 is 9.31 Å². The van der Waals surface area contributed by atoms with Gasteiger partial charge in [-0.2, -0.15) is 0 Å². The first-order valence-electron chi connectivity index (χ1n) is 6.03. The van der Waals surface area contributed by atoms with Crippen LogP contribution in [0.4, 0.5) is 15.8 Å². The number of nitro groups is 1. The molecule has 1 fully saturated rings. The second-order valence-electron chi connectivity index (χ2n) is 4.82. The van der Waals surface area contributed by atoms with E-state index in [1.807, 2.05) is 18.7 Å². The highest BCUT2D eigenvalue weighted by Crippen LogP contribution is 2.35. The fraction of sp³-hybridized carbons (Fsp3) is 0.500. The van der Waals surface area contributed by atoms with E-state index < -0.39 is 10.7 Å². The van der Waals surface area contributed by atoms with Crippen LogP contribution in [-0.4, -0.2) is 30.1 Å². The van der Waals surface area contributed by atoms with Crippen molar-refractivity contribution in [2.45, 2.75) is 25.9 Å². The van der Waals surface area contributed by atoms with Gasteiger partial charge in [0, 0.05) is 37.3 Å². The average molecular weight is 332 g/mol. The Morgan fingerprint density at radius 1 is 1.53 bits per heavy atom. The third-order valence-electron chi connectivity index (χ3n) is 3.29. The van der Waals surface area contributed by atoms with Crippen molar-refractivity contribution in [3.05, 3.63) is 32.5 Å². The van der Waals surface area contributed by atoms with Crippen LogP contribution in [0.25, 0.3) is 0 Å². The predicted molar refractivity (Wildman–Crippen MR) is 75.0 cm³/mol. The molecule has 2 rings (SSSR count). The van der Waals surface area contributed by atoms with E-state index in [9.17, 15) is 14.5 Å². The van der Waals surface area contributed by atoms with Crippen LogP contribution < -0.4 is 10.2 Å². The Morgan fingerprint density at radius 2 is 2.21 bits per heavy atom. The largest absolute Gasteiger partial charge is 0.360 e. The van der Waals surface area contributed by atoms with Gasteiger partial charge in [0.2, 0.25) is 0 Å². The fourth-order valence-electron chi connectivity index (χ4n) is 2.26. The molecule has 0 saturated carbocycles. The van der Waals surface area contributed by atoms with Crippen LogP contribution in [0, 0.1) is 15.9 Å². The van der Waals surface area contributed by atoms with Crippen LogP contribution in [-0.2, 0) is 0 Å². The van der Waals surface area contributed by atoms with Crippen LogP contribution in [0.15, 0.2) is 16.6 Å². The molecular formula is C12H15BrFN3O2. The molecule has 1 heterocycles. The van der Waals surface area contributed by atoms with Gasteiger partial charge in [0.15, 0.2) is 0 Å². The molecule has 1 aromatic carbocycles. The first-order valence-corrected chi connectivity index (χ1v) is 6.83. The highest BCUT2D eigenvalue weighted by Gasteiger charge is 2.29. The first-order chi connectivity index (χ1) is 8.90. The molecule has 0 aliphatic carbocycles. The summed E-state index contributed by atoms with van der Waals surface area (Å²) in [7, 11) is 0. The molecule has 1 aliphatic rings. The van der Waals surface area contributed by atoms with Gasteiger partial charge in [-0.3, -0.25) is 10.1 Å². The second-order valence-corrected chi connectivity index (χ2v) is 5.68. The van der Waals surface area contributed by atoms with Crippen molar-refractivity contribution >= 4 is 27.3 Å². The minimum atomic E-state index is -0.487. The number of benzene rings is 1. The lowest BCUT2D eigenvalue weighted by molar-refractivity contribution is -0.384. The highest BCUT2D eigenvalue weighted by atomic mass is 79.9. The van der Waals surface area contributed by atoms with Crippen LogP contribution in [0.5, 0.6) is 0 Å². The van der Waals surface area contributed by atoms with Gasteiger partial charge < -0.3 is 10.2 Å². The SMILES string of the molecule is CC1CN(c2cc(F)c(Br)cc2[N+](=O)[O-])C(C)CN1. The number of nitrogens with one attached hydrogen (secondary N) is 1. The molecule has 0 spiro atoms. The number of nitro benzene ring substituents is 1. The van der Waals surface area contributed by atoms with E-state index in [-0.39, 0.29) is 22.2 Å². The summed E-state index contributed by atoms with van der Waals surface area (Å²) in [6.07, 6.45) is 0. The minimum Gasteiger partial charge on any atom is -0.360 e. The van der Waals surface area contributed by atoms with Gasteiger partial charge in [-0.15, -0.1) is 0 Å². The fourth-order valence-corrected chi connectivity index (χ4v) is 2.59. The second kappa shape index (κ2) is 5.42. The molecule has 1 aliphatic heterocycles. The van der Waals surface area contributed by atoms with Crippen LogP contribution >= 0.6 is 15.9 Å². The van der Waals surface area contributed by atoms with Crippen molar-refractivity contribution in [1.29, 1.82) is 0 Å². The standard InChI is InChI=1S/C12H15BrFN3O2/c1-7-6-16(8(2)5-15-7)11-4-10(14)9(13)3-12(11)17(18)19/h3-4,7-8,15H,5-6H2,1-2H3. The summed E-state index contributed by atoms with van der Waals surface area (Å²) in [6.45, 7) is 5.29. The van der Waals surface area contributed by atoms with E-state index in [1.165, 1.54) is 12.1 Å². The maximum absolute atomic E-state index is 13.7. The number of piperazine rings is 1. The van der Waals surface area contributed by atoms with E-state index in [4.69, 9.17) is 0 Å². The Labute approximate surface area is 119 Å². The van der Waals surface area contributed by atoms with E-state index in [1.54, 1.807) is 0 Å². The van der Waals surface area contributed by atoms with E-state index in [0.717, 1.165) is 6.54 Å². The Morgan fingerprint density at radius 3 is 2.84 bits per heavy atom. The summed E-state index contributed by atoms with van der Waals surface area (Å²) in [5.74, 6) is -0.487. The number of hydrogen-bond donors (Lipinski definition) is 1. The lowest BCUT2D eigenvalue weighted by Gasteiger charge is -2.38. The number of anilines is 1. The molecule has 5 nitrogen and oxygen atoms in total. The molecular weight excluding hydrogens is 317 g/mol. The van der Waals surface area contributed by atoms with Gasteiger partial charge in [-0.25, -0.2) is 4.39 Å². The summed E-state index contributed by atoms with van der Waals surface area (Å²) in [5, 5.41) is 14.4. The molecule has 2 unspecified atom stereocenters. The number of hydrogen-bond acceptors (Lipinski definition) is 4. The molecule has 0 radical (unpaired) electrons. The molecule has 0 bridgehead atoms. The Hall–Kier alpha value is -1.21. The van der Waals surface area contributed by atoms with Crippen molar-refractivity contribution in [3.63, 3.8) is 0 Å². The van der Waals surface area contributed by atoms with Gasteiger partial charge in [0.1, 0.15) is 11.5 Å². The van der Waals surface area contributed by atoms with E-state index in [2.05, 4.69) is 21.2 Å². The summed E-state index contributed by atoms with van der Waals surface area (Å²) in [4.78, 5) is 12.5. The topological polar surface area (TPSA) is 58.4 Å². The zero-order chi connectivity index (χ0) is 14.2.